The minimum absolute atomic E-state index is 0.0932. The van der Waals surface area contributed by atoms with E-state index in [1.54, 1.807) is 0 Å². The number of halogens is 1. The van der Waals surface area contributed by atoms with E-state index in [1.807, 2.05) is 6.08 Å². The molecule has 3 nitrogen and oxygen atoms in total. The first-order valence-corrected chi connectivity index (χ1v) is 11.0. The van der Waals surface area contributed by atoms with Crippen LogP contribution in [0.1, 0.15) is 80.1 Å². The number of esters is 1. The normalized spacial score (nSPS) is 40.0. The largest absolute Gasteiger partial charge is 0.459 e. The van der Waals surface area contributed by atoms with Crippen LogP contribution in [0, 0.1) is 22.7 Å². The molecule has 0 aromatic carbocycles. The lowest BCUT2D eigenvalue weighted by Gasteiger charge is -2.63. The smallest absolute Gasteiger partial charge is 0.303 e. The molecule has 2 aliphatic carbocycles. The Morgan fingerprint density at radius 3 is 2.42 bits per heavy atom. The molecule has 0 spiro atoms. The molecule has 0 saturated heterocycles. The van der Waals surface area contributed by atoms with Crippen molar-refractivity contribution in [2.75, 3.05) is 6.61 Å². The maximum atomic E-state index is 11.9. The number of alkyl halides is 1. The van der Waals surface area contributed by atoms with Crippen LogP contribution >= 0.6 is 15.9 Å². The van der Waals surface area contributed by atoms with E-state index >= 15 is 0 Å². The third kappa shape index (κ3) is 4.06. The van der Waals surface area contributed by atoms with E-state index in [0.717, 1.165) is 32.1 Å². The second kappa shape index (κ2) is 7.95. The highest BCUT2D eigenvalue weighted by Crippen LogP contribution is 2.64. The molecule has 0 bridgehead atoms. The number of rotatable bonds is 5. The Labute approximate surface area is 168 Å². The van der Waals surface area contributed by atoms with Gasteiger partial charge in [0.15, 0.2) is 0 Å². The van der Waals surface area contributed by atoms with Crippen molar-refractivity contribution < 1.29 is 14.6 Å². The van der Waals surface area contributed by atoms with Gasteiger partial charge in [0.1, 0.15) is 5.60 Å². The Kier molecular flexibility index (Phi) is 6.71. The van der Waals surface area contributed by atoms with Crippen LogP contribution < -0.4 is 0 Å². The van der Waals surface area contributed by atoms with Gasteiger partial charge in [0.2, 0.25) is 0 Å². The van der Waals surface area contributed by atoms with Crippen molar-refractivity contribution in [2.45, 2.75) is 90.5 Å². The van der Waals surface area contributed by atoms with E-state index in [0.29, 0.717) is 16.7 Å². The first kappa shape index (κ1) is 21.9. The number of allylic oxidation sites excluding steroid dienone is 1. The van der Waals surface area contributed by atoms with E-state index in [2.05, 4.69) is 50.5 Å². The number of ether oxygens (including phenoxy) is 1. The molecule has 150 valence electrons. The van der Waals surface area contributed by atoms with Gasteiger partial charge in [-0.05, 0) is 69.1 Å². The Hall–Kier alpha value is -0.350. The Bertz CT molecular complexity index is 556. The fourth-order valence-electron chi connectivity index (χ4n) is 6.19. The predicted octanol–water partition coefficient (Wildman–Crippen LogP) is 5.64. The number of carbonyl (C=O) groups excluding carboxylic acids is 1. The van der Waals surface area contributed by atoms with Crippen molar-refractivity contribution in [1.82, 2.24) is 0 Å². The number of aliphatic hydroxyl groups is 1. The van der Waals surface area contributed by atoms with Crippen molar-refractivity contribution in [3.8, 4) is 0 Å². The van der Waals surface area contributed by atoms with Crippen molar-refractivity contribution in [1.29, 1.82) is 0 Å². The van der Waals surface area contributed by atoms with Gasteiger partial charge in [-0.1, -0.05) is 48.4 Å². The molecule has 2 saturated carbocycles. The standard InChI is InChI=1S/C22H37BrO3/c1-15(11-14-24)7-8-18-21(5)12-10-19(23)20(3,4)17(21)9-13-22(18,6)26-16(2)25/h11,17-19,24H,7-10,12-14H2,1-6H3/b15-11+. The van der Waals surface area contributed by atoms with Crippen molar-refractivity contribution in [3.05, 3.63) is 11.6 Å². The maximum Gasteiger partial charge on any atom is 0.303 e. The minimum Gasteiger partial charge on any atom is -0.459 e. The number of aliphatic hydroxyl groups excluding tert-OH is 1. The van der Waals surface area contributed by atoms with Crippen molar-refractivity contribution >= 4 is 21.9 Å². The molecule has 2 rings (SSSR count). The summed E-state index contributed by atoms with van der Waals surface area (Å²) in [6.07, 6.45) is 8.22. The minimum atomic E-state index is -0.397. The lowest BCUT2D eigenvalue weighted by molar-refractivity contribution is -0.198. The van der Waals surface area contributed by atoms with Gasteiger partial charge in [-0.2, -0.15) is 0 Å². The molecule has 5 unspecified atom stereocenters. The zero-order valence-electron chi connectivity index (χ0n) is 17.4. The second-order valence-corrected chi connectivity index (χ2v) is 10.8. The maximum absolute atomic E-state index is 11.9. The molecule has 0 heterocycles. The van der Waals surface area contributed by atoms with E-state index in [1.165, 1.54) is 18.9 Å². The van der Waals surface area contributed by atoms with Gasteiger partial charge in [0, 0.05) is 17.7 Å². The predicted molar refractivity (Wildman–Crippen MR) is 110 cm³/mol. The third-order valence-electron chi connectivity index (χ3n) is 7.54. The van der Waals surface area contributed by atoms with Crippen molar-refractivity contribution in [3.63, 3.8) is 0 Å². The van der Waals surface area contributed by atoms with Gasteiger partial charge >= 0.3 is 5.97 Å². The van der Waals surface area contributed by atoms with Gasteiger partial charge in [0.25, 0.3) is 0 Å². The molecule has 0 aromatic heterocycles. The van der Waals surface area contributed by atoms with E-state index in [9.17, 15) is 9.90 Å². The second-order valence-electron chi connectivity index (χ2n) is 9.66. The first-order valence-electron chi connectivity index (χ1n) is 10.1. The van der Waals surface area contributed by atoms with E-state index in [-0.39, 0.29) is 23.4 Å². The fourth-order valence-corrected chi connectivity index (χ4v) is 6.74. The molecule has 1 N–H and O–H groups in total. The molecule has 5 atom stereocenters. The van der Waals surface area contributed by atoms with Crippen LogP contribution in [-0.4, -0.2) is 28.1 Å². The lowest BCUT2D eigenvalue weighted by atomic mass is 9.45. The van der Waals surface area contributed by atoms with Crippen LogP contribution in [0.3, 0.4) is 0 Å². The molecule has 0 radical (unpaired) electrons. The van der Waals surface area contributed by atoms with Crippen molar-refractivity contribution in [2.24, 2.45) is 22.7 Å². The highest BCUT2D eigenvalue weighted by molar-refractivity contribution is 9.09. The number of hydrogen-bond donors (Lipinski definition) is 1. The van der Waals surface area contributed by atoms with Gasteiger partial charge in [0.05, 0.1) is 6.61 Å². The summed E-state index contributed by atoms with van der Waals surface area (Å²) >= 11 is 3.95. The monoisotopic (exact) mass is 428 g/mol. The van der Waals surface area contributed by atoms with Crippen LogP contribution in [0.4, 0.5) is 0 Å². The fraction of sp³-hybridized carbons (Fsp3) is 0.864. The van der Waals surface area contributed by atoms with Gasteiger partial charge in [-0.15, -0.1) is 0 Å². The number of carbonyl (C=O) groups is 1. The molecule has 2 aliphatic rings. The Morgan fingerprint density at radius 1 is 1.19 bits per heavy atom. The quantitative estimate of drug-likeness (QED) is 0.349. The molecular weight excluding hydrogens is 392 g/mol. The average molecular weight is 429 g/mol. The summed E-state index contributed by atoms with van der Waals surface area (Å²) < 4.78 is 5.97. The van der Waals surface area contributed by atoms with Gasteiger partial charge in [-0.25, -0.2) is 0 Å². The molecule has 4 heteroatoms. The summed E-state index contributed by atoms with van der Waals surface area (Å²) in [6.45, 7) is 13.1. The zero-order valence-corrected chi connectivity index (χ0v) is 19.0. The first-order chi connectivity index (χ1) is 12.0. The summed E-state index contributed by atoms with van der Waals surface area (Å²) in [6, 6.07) is 0. The number of hydrogen-bond acceptors (Lipinski definition) is 3. The van der Waals surface area contributed by atoms with Crippen LogP contribution in [0.5, 0.6) is 0 Å². The zero-order chi connectivity index (χ0) is 19.8. The summed E-state index contributed by atoms with van der Waals surface area (Å²) in [5.41, 5.74) is 1.22. The molecule has 26 heavy (non-hydrogen) atoms. The van der Waals surface area contributed by atoms with Crippen LogP contribution in [0.25, 0.3) is 0 Å². The highest BCUT2D eigenvalue weighted by atomic mass is 79.9. The van der Waals surface area contributed by atoms with Crippen LogP contribution in [0.2, 0.25) is 0 Å². The summed E-state index contributed by atoms with van der Waals surface area (Å²) in [7, 11) is 0. The molecule has 0 aromatic rings. The Morgan fingerprint density at radius 2 is 1.85 bits per heavy atom. The molecular formula is C22H37BrO3. The van der Waals surface area contributed by atoms with E-state index in [4.69, 9.17) is 4.74 Å². The topological polar surface area (TPSA) is 46.5 Å². The van der Waals surface area contributed by atoms with Gasteiger partial charge in [-0.3, -0.25) is 4.79 Å². The number of fused-ring (bicyclic) bond motifs is 1. The summed E-state index contributed by atoms with van der Waals surface area (Å²) in [5.74, 6) is 0.776. The van der Waals surface area contributed by atoms with Crippen LogP contribution in [-0.2, 0) is 9.53 Å². The summed E-state index contributed by atoms with van der Waals surface area (Å²) in [4.78, 5) is 12.4. The van der Waals surface area contributed by atoms with E-state index < -0.39 is 5.60 Å². The SMILES string of the molecule is CC(=O)OC1(C)CCC2C(C)(C)C(Br)CCC2(C)C1CC/C(C)=C/CO. The molecule has 2 fully saturated rings. The summed E-state index contributed by atoms with van der Waals surface area (Å²) in [5, 5.41) is 9.18. The average Bonchev–Trinajstić information content (AvgIpc) is 2.50. The third-order valence-corrected chi connectivity index (χ3v) is 9.18. The molecule has 0 aliphatic heterocycles. The highest BCUT2D eigenvalue weighted by Gasteiger charge is 2.61. The Balaban J connectivity index is 2.38. The van der Waals surface area contributed by atoms with Gasteiger partial charge < -0.3 is 9.84 Å². The lowest BCUT2D eigenvalue weighted by Crippen LogP contribution is -2.60. The van der Waals surface area contributed by atoms with Crippen LogP contribution in [0.15, 0.2) is 11.6 Å². The molecule has 0 amide bonds.